The van der Waals surface area contributed by atoms with Crippen LogP contribution in [0.5, 0.6) is 5.75 Å². The van der Waals surface area contributed by atoms with Gasteiger partial charge in [0, 0.05) is 41.8 Å². The lowest BCUT2D eigenvalue weighted by Gasteiger charge is -2.23. The molecule has 0 spiro atoms. The number of hydrogen-bond donors (Lipinski definition) is 7. The van der Waals surface area contributed by atoms with E-state index in [0.29, 0.717) is 11.3 Å². The van der Waals surface area contributed by atoms with Crippen LogP contribution in [0.2, 0.25) is 0 Å². The number of phenolic OH excluding ortho intramolecular Hbond substituents is 1. The van der Waals surface area contributed by atoms with Crippen LogP contribution in [0.1, 0.15) is 16.8 Å². The van der Waals surface area contributed by atoms with Gasteiger partial charge in [0.05, 0.1) is 12.4 Å². The molecule has 2 aromatic heterocycles. The highest BCUT2D eigenvalue weighted by Gasteiger charge is 2.29. The van der Waals surface area contributed by atoms with Gasteiger partial charge < -0.3 is 36.5 Å². The van der Waals surface area contributed by atoms with Crippen LogP contribution in [0.15, 0.2) is 67.3 Å². The highest BCUT2D eigenvalue weighted by Crippen LogP contribution is 2.19. The van der Waals surface area contributed by atoms with Crippen molar-refractivity contribution in [3.63, 3.8) is 0 Å². The lowest BCUT2D eigenvalue weighted by molar-refractivity contribution is -0.142. The van der Waals surface area contributed by atoms with E-state index >= 15 is 0 Å². The Kier molecular flexibility index (Phi) is 7.84. The van der Waals surface area contributed by atoms with Gasteiger partial charge in [-0.1, -0.05) is 30.3 Å². The monoisotopic (exact) mass is 504 g/mol. The molecule has 2 amide bonds. The number of carbonyl (C=O) groups excluding carboxylic acids is 2. The third-order valence-corrected chi connectivity index (χ3v) is 6.05. The number of amides is 2. The van der Waals surface area contributed by atoms with Gasteiger partial charge in [-0.3, -0.25) is 9.59 Å². The number of nitrogens with zero attached hydrogens (tertiary/aromatic N) is 1. The molecule has 3 unspecified atom stereocenters. The molecule has 2 aromatic carbocycles. The SMILES string of the molecule is NC(Cc1c[nH]c2ccccc12)C(=O)NC(Cc1ccc(O)cc1)C(=O)NC(Cc1cnc[nH]1)C(=O)O. The maximum Gasteiger partial charge on any atom is 0.326 e. The van der Waals surface area contributed by atoms with Crippen molar-refractivity contribution >= 4 is 28.7 Å². The third-order valence-electron chi connectivity index (χ3n) is 6.05. The Bertz CT molecular complexity index is 1370. The molecule has 3 atom stereocenters. The molecule has 192 valence electrons. The standard InChI is InChI=1S/C26H28N6O5/c27-20(10-16-12-29-21-4-2-1-3-19(16)21)24(34)31-22(9-15-5-7-18(33)8-6-15)25(35)32-23(26(36)37)11-17-13-28-14-30-17/h1-8,12-14,20,22-23,29,33H,9-11,27H2,(H,28,30)(H,31,34)(H,32,35)(H,36,37). The lowest BCUT2D eigenvalue weighted by atomic mass is 10.0. The van der Waals surface area contributed by atoms with Gasteiger partial charge in [-0.25, -0.2) is 9.78 Å². The van der Waals surface area contributed by atoms with Gasteiger partial charge in [0.2, 0.25) is 11.8 Å². The molecular weight excluding hydrogens is 476 g/mol. The zero-order valence-electron chi connectivity index (χ0n) is 19.8. The third kappa shape index (κ3) is 6.53. The first-order valence-corrected chi connectivity index (χ1v) is 11.7. The number of aromatic nitrogens is 3. The fraction of sp³-hybridized carbons (Fsp3) is 0.231. The Morgan fingerprint density at radius 2 is 1.65 bits per heavy atom. The van der Waals surface area contributed by atoms with Gasteiger partial charge >= 0.3 is 5.97 Å². The molecule has 8 N–H and O–H groups in total. The number of nitrogens with one attached hydrogen (secondary N) is 4. The van der Waals surface area contributed by atoms with E-state index in [-0.39, 0.29) is 25.0 Å². The number of H-pyrrole nitrogens is 2. The van der Waals surface area contributed by atoms with E-state index in [1.165, 1.54) is 24.7 Å². The number of aromatic hydroxyl groups is 1. The van der Waals surface area contributed by atoms with Crippen LogP contribution in [0.4, 0.5) is 0 Å². The summed E-state index contributed by atoms with van der Waals surface area (Å²) >= 11 is 0. The van der Waals surface area contributed by atoms with Crippen molar-refractivity contribution in [2.24, 2.45) is 5.73 Å². The average Bonchev–Trinajstić information content (AvgIpc) is 3.54. The van der Waals surface area contributed by atoms with Crippen LogP contribution in [0.25, 0.3) is 10.9 Å². The van der Waals surface area contributed by atoms with Crippen molar-refractivity contribution < 1.29 is 24.6 Å². The van der Waals surface area contributed by atoms with Crippen LogP contribution in [-0.4, -0.2) is 61.1 Å². The Morgan fingerprint density at radius 3 is 2.35 bits per heavy atom. The number of carbonyl (C=O) groups is 3. The van der Waals surface area contributed by atoms with Gasteiger partial charge in [-0.05, 0) is 35.7 Å². The summed E-state index contributed by atoms with van der Waals surface area (Å²) in [5, 5.41) is 25.4. The number of imidazole rings is 1. The molecule has 0 aliphatic heterocycles. The molecule has 0 aliphatic carbocycles. The van der Waals surface area contributed by atoms with Gasteiger partial charge in [-0.15, -0.1) is 0 Å². The smallest absolute Gasteiger partial charge is 0.326 e. The van der Waals surface area contributed by atoms with Gasteiger partial charge in [0.1, 0.15) is 17.8 Å². The molecule has 0 bridgehead atoms. The summed E-state index contributed by atoms with van der Waals surface area (Å²) in [4.78, 5) is 47.9. The van der Waals surface area contributed by atoms with Crippen molar-refractivity contribution in [3.05, 3.63) is 84.1 Å². The summed E-state index contributed by atoms with van der Waals surface area (Å²) in [6.45, 7) is 0. The first-order chi connectivity index (χ1) is 17.8. The average molecular weight is 505 g/mol. The number of carboxylic acid groups (broad SMARTS) is 1. The van der Waals surface area contributed by atoms with Crippen molar-refractivity contribution in [1.82, 2.24) is 25.6 Å². The van der Waals surface area contributed by atoms with Crippen LogP contribution in [0.3, 0.4) is 0 Å². The van der Waals surface area contributed by atoms with E-state index in [0.717, 1.165) is 16.5 Å². The fourth-order valence-corrected chi connectivity index (χ4v) is 4.07. The van der Waals surface area contributed by atoms with E-state index in [1.807, 2.05) is 24.3 Å². The number of aromatic amines is 2. The number of hydrogen-bond acceptors (Lipinski definition) is 6. The van der Waals surface area contributed by atoms with Gasteiger partial charge in [-0.2, -0.15) is 0 Å². The second kappa shape index (κ2) is 11.4. The second-order valence-electron chi connectivity index (χ2n) is 8.78. The molecule has 11 nitrogen and oxygen atoms in total. The summed E-state index contributed by atoms with van der Waals surface area (Å²) in [7, 11) is 0. The molecule has 0 fully saturated rings. The Morgan fingerprint density at radius 1 is 0.919 bits per heavy atom. The number of fused-ring (bicyclic) bond motifs is 1. The van der Waals surface area contributed by atoms with Crippen LogP contribution >= 0.6 is 0 Å². The number of aliphatic carboxylic acids is 1. The first kappa shape index (κ1) is 25.5. The number of nitrogens with two attached hydrogens (primary N) is 1. The van der Waals surface area contributed by atoms with Crippen LogP contribution < -0.4 is 16.4 Å². The van der Waals surface area contributed by atoms with Crippen molar-refractivity contribution in [1.29, 1.82) is 0 Å². The normalized spacial score (nSPS) is 13.5. The number of para-hydroxylation sites is 1. The van der Waals surface area contributed by atoms with E-state index in [4.69, 9.17) is 5.73 Å². The highest BCUT2D eigenvalue weighted by molar-refractivity contribution is 5.92. The van der Waals surface area contributed by atoms with Crippen LogP contribution in [0, 0.1) is 0 Å². The van der Waals surface area contributed by atoms with E-state index in [1.54, 1.807) is 18.3 Å². The summed E-state index contributed by atoms with van der Waals surface area (Å²) in [5.41, 5.74) is 9.18. The largest absolute Gasteiger partial charge is 0.508 e. The number of rotatable bonds is 11. The van der Waals surface area contributed by atoms with Gasteiger partial charge in [0.15, 0.2) is 0 Å². The summed E-state index contributed by atoms with van der Waals surface area (Å²) < 4.78 is 0. The minimum absolute atomic E-state index is 0.0129. The molecule has 0 aliphatic rings. The molecule has 4 aromatic rings. The van der Waals surface area contributed by atoms with E-state index in [2.05, 4.69) is 25.6 Å². The maximum absolute atomic E-state index is 13.2. The molecule has 0 saturated carbocycles. The lowest BCUT2D eigenvalue weighted by Crippen LogP contribution is -2.55. The predicted octanol–water partition coefficient (Wildman–Crippen LogP) is 1.01. The van der Waals surface area contributed by atoms with Crippen molar-refractivity contribution in [3.8, 4) is 5.75 Å². The number of carboxylic acids is 1. The van der Waals surface area contributed by atoms with Gasteiger partial charge in [0.25, 0.3) is 0 Å². The topological polar surface area (TPSA) is 186 Å². The Labute approximate surface area is 212 Å². The molecule has 2 heterocycles. The molecule has 37 heavy (non-hydrogen) atoms. The minimum Gasteiger partial charge on any atom is -0.508 e. The zero-order chi connectivity index (χ0) is 26.4. The summed E-state index contributed by atoms with van der Waals surface area (Å²) in [6, 6.07) is 10.5. The highest BCUT2D eigenvalue weighted by atomic mass is 16.4. The van der Waals surface area contributed by atoms with E-state index < -0.39 is 35.9 Å². The van der Waals surface area contributed by atoms with E-state index in [9.17, 15) is 24.6 Å². The quantitative estimate of drug-likeness (QED) is 0.159. The molecule has 11 heteroatoms. The first-order valence-electron chi connectivity index (χ1n) is 11.7. The number of benzene rings is 2. The summed E-state index contributed by atoms with van der Waals surface area (Å²) in [6.07, 6.45) is 4.97. The minimum atomic E-state index is -1.24. The van der Waals surface area contributed by atoms with Crippen LogP contribution in [-0.2, 0) is 33.6 Å². The predicted molar refractivity (Wildman–Crippen MR) is 136 cm³/mol. The zero-order valence-corrected chi connectivity index (χ0v) is 19.8. The second-order valence-corrected chi connectivity index (χ2v) is 8.78. The maximum atomic E-state index is 13.2. The summed E-state index contributed by atoms with van der Waals surface area (Å²) in [5.74, 6) is -2.40. The molecule has 0 radical (unpaired) electrons. The Hall–Kier alpha value is -4.64. The Balaban J connectivity index is 1.48. The molecule has 0 saturated heterocycles. The fourth-order valence-electron chi connectivity index (χ4n) is 4.07. The van der Waals surface area contributed by atoms with Crippen molar-refractivity contribution in [2.75, 3.05) is 0 Å². The molecule has 4 rings (SSSR count). The number of phenols is 1. The molecular formula is C26H28N6O5. The van der Waals surface area contributed by atoms with Crippen molar-refractivity contribution in [2.45, 2.75) is 37.4 Å².